The van der Waals surface area contributed by atoms with Gasteiger partial charge in [0.2, 0.25) is 10.0 Å². The van der Waals surface area contributed by atoms with Crippen LogP contribution in [-0.4, -0.2) is 44.1 Å². The van der Waals surface area contributed by atoms with Crippen LogP contribution in [0.15, 0.2) is 58.2 Å². The number of rotatable bonds is 5. The number of hydrogen-bond acceptors (Lipinski definition) is 5. The van der Waals surface area contributed by atoms with E-state index in [2.05, 4.69) is 9.62 Å². The number of thiazole rings is 1. The lowest BCUT2D eigenvalue weighted by atomic mass is 10.1. The molecule has 0 aliphatic carbocycles. The van der Waals surface area contributed by atoms with Gasteiger partial charge in [0, 0.05) is 6.04 Å². The summed E-state index contributed by atoms with van der Waals surface area (Å²) in [5, 5.41) is 0. The highest BCUT2D eigenvalue weighted by atomic mass is 32.2. The highest BCUT2D eigenvalue weighted by molar-refractivity contribution is 7.89. The van der Waals surface area contributed by atoms with Gasteiger partial charge in [0.25, 0.3) is 0 Å². The van der Waals surface area contributed by atoms with Gasteiger partial charge in [-0.25, -0.2) is 13.1 Å². The lowest BCUT2D eigenvalue weighted by molar-refractivity contribution is 0.248. The molecular weight excluding hydrogens is 394 g/mol. The zero-order valence-corrected chi connectivity index (χ0v) is 17.3. The first-order valence-corrected chi connectivity index (χ1v) is 11.6. The molecule has 3 aromatic rings. The molecular formula is C20H23N3O3S2. The topological polar surface area (TPSA) is 71.4 Å². The van der Waals surface area contributed by atoms with Crippen LogP contribution >= 0.6 is 11.3 Å². The van der Waals surface area contributed by atoms with E-state index in [1.54, 1.807) is 22.8 Å². The number of nitrogens with one attached hydrogen (secondary N) is 1. The molecule has 1 N–H and O–H groups in total. The second-order valence-electron chi connectivity index (χ2n) is 7.27. The maximum absolute atomic E-state index is 12.8. The molecule has 0 unspecified atom stereocenters. The summed E-state index contributed by atoms with van der Waals surface area (Å²) in [5.74, 6) is 0. The van der Waals surface area contributed by atoms with Gasteiger partial charge in [0.15, 0.2) is 0 Å². The van der Waals surface area contributed by atoms with Crippen molar-refractivity contribution >= 4 is 31.6 Å². The van der Waals surface area contributed by atoms with Crippen LogP contribution in [0.1, 0.15) is 18.4 Å². The Hall–Kier alpha value is -2.00. The van der Waals surface area contributed by atoms with Gasteiger partial charge in [-0.2, -0.15) is 0 Å². The number of hydrogen-bond donors (Lipinski definition) is 1. The number of piperidine rings is 1. The highest BCUT2D eigenvalue weighted by Crippen LogP contribution is 2.23. The standard InChI is InChI=1S/C20H23N3O3S2/c1-22-11-9-16(10-12-22)21-28(25,26)17-7-8-18-19(13-17)27-20(24)23(18)14-15-5-3-2-4-6-15/h2-8,13,16,21H,9-12,14H2,1H3. The molecule has 8 heteroatoms. The second kappa shape index (κ2) is 7.79. The summed E-state index contributed by atoms with van der Waals surface area (Å²) in [6.07, 6.45) is 1.61. The second-order valence-corrected chi connectivity index (χ2v) is 9.98. The average molecular weight is 418 g/mol. The number of nitrogens with zero attached hydrogens (tertiary/aromatic N) is 2. The van der Waals surface area contributed by atoms with Crippen LogP contribution in [0.5, 0.6) is 0 Å². The Morgan fingerprint density at radius 2 is 1.82 bits per heavy atom. The molecule has 0 amide bonds. The first kappa shape index (κ1) is 19.3. The Balaban J connectivity index is 1.60. The number of aromatic nitrogens is 1. The SMILES string of the molecule is CN1CCC(NS(=O)(=O)c2ccc3c(c2)sc(=O)n3Cc2ccccc2)CC1. The van der Waals surface area contributed by atoms with Crippen LogP contribution in [0.25, 0.3) is 10.2 Å². The minimum Gasteiger partial charge on any atom is -0.306 e. The molecule has 148 valence electrons. The van der Waals surface area contributed by atoms with Crippen molar-refractivity contribution in [1.29, 1.82) is 0 Å². The van der Waals surface area contributed by atoms with Gasteiger partial charge in [-0.15, -0.1) is 0 Å². The van der Waals surface area contributed by atoms with Crippen LogP contribution in [0, 0.1) is 0 Å². The maximum atomic E-state index is 12.8. The van der Waals surface area contributed by atoms with Crippen molar-refractivity contribution in [2.75, 3.05) is 20.1 Å². The Morgan fingerprint density at radius 1 is 1.11 bits per heavy atom. The first-order valence-electron chi connectivity index (χ1n) is 9.30. The van der Waals surface area contributed by atoms with Gasteiger partial charge in [-0.3, -0.25) is 9.36 Å². The fraction of sp³-hybridized carbons (Fsp3) is 0.350. The smallest absolute Gasteiger partial charge is 0.306 e. The largest absolute Gasteiger partial charge is 0.308 e. The first-order chi connectivity index (χ1) is 13.4. The van der Waals surface area contributed by atoms with E-state index in [1.807, 2.05) is 37.4 Å². The molecule has 1 aliphatic heterocycles. The van der Waals surface area contributed by atoms with E-state index in [9.17, 15) is 13.2 Å². The zero-order chi connectivity index (χ0) is 19.7. The molecule has 1 fully saturated rings. The van der Waals surface area contributed by atoms with Crippen molar-refractivity contribution in [3.63, 3.8) is 0 Å². The lowest BCUT2D eigenvalue weighted by Crippen LogP contribution is -2.43. The minimum absolute atomic E-state index is 0.0432. The van der Waals surface area contributed by atoms with Crippen LogP contribution in [0.3, 0.4) is 0 Å². The summed E-state index contributed by atoms with van der Waals surface area (Å²) < 4.78 is 30.8. The highest BCUT2D eigenvalue weighted by Gasteiger charge is 2.24. The van der Waals surface area contributed by atoms with Crippen molar-refractivity contribution in [2.24, 2.45) is 0 Å². The van der Waals surface area contributed by atoms with Crippen molar-refractivity contribution in [1.82, 2.24) is 14.2 Å². The molecule has 0 spiro atoms. The van der Waals surface area contributed by atoms with Crippen LogP contribution in [0.2, 0.25) is 0 Å². The van der Waals surface area contributed by atoms with Crippen LogP contribution in [-0.2, 0) is 16.6 Å². The molecule has 0 saturated carbocycles. The predicted molar refractivity (Wildman–Crippen MR) is 112 cm³/mol. The normalized spacial score (nSPS) is 16.6. The lowest BCUT2D eigenvalue weighted by Gasteiger charge is -2.29. The molecule has 1 aromatic heterocycles. The van der Waals surface area contributed by atoms with E-state index in [4.69, 9.17) is 0 Å². The molecule has 0 atom stereocenters. The van der Waals surface area contributed by atoms with E-state index in [0.717, 1.165) is 48.3 Å². The van der Waals surface area contributed by atoms with Gasteiger partial charge in [-0.05, 0) is 56.7 Å². The number of likely N-dealkylation sites (tertiary alicyclic amines) is 1. The van der Waals surface area contributed by atoms with Crippen molar-refractivity contribution < 1.29 is 8.42 Å². The van der Waals surface area contributed by atoms with Crippen LogP contribution in [0.4, 0.5) is 0 Å². The van der Waals surface area contributed by atoms with E-state index in [0.29, 0.717) is 11.2 Å². The summed E-state index contributed by atoms with van der Waals surface area (Å²) in [6, 6.07) is 14.7. The van der Waals surface area contributed by atoms with E-state index >= 15 is 0 Å². The molecule has 2 heterocycles. The third kappa shape index (κ3) is 4.05. The fourth-order valence-corrected chi connectivity index (χ4v) is 5.88. The minimum atomic E-state index is -3.60. The van der Waals surface area contributed by atoms with Gasteiger partial charge in [-0.1, -0.05) is 41.7 Å². The third-order valence-corrected chi connectivity index (χ3v) is 7.63. The van der Waals surface area contributed by atoms with Crippen LogP contribution < -0.4 is 9.60 Å². The molecule has 0 bridgehead atoms. The molecule has 1 aliphatic rings. The Kier molecular flexibility index (Phi) is 5.37. The summed E-state index contributed by atoms with van der Waals surface area (Å²) in [5.41, 5.74) is 1.79. The Bertz CT molecular complexity index is 1130. The molecule has 4 rings (SSSR count). The quantitative estimate of drug-likeness (QED) is 0.692. The predicted octanol–water partition coefficient (Wildman–Crippen LogP) is 2.48. The third-order valence-electron chi connectivity index (χ3n) is 5.17. The van der Waals surface area contributed by atoms with Crippen molar-refractivity contribution in [2.45, 2.75) is 30.3 Å². The van der Waals surface area contributed by atoms with Gasteiger partial charge >= 0.3 is 4.87 Å². The van der Waals surface area contributed by atoms with E-state index in [-0.39, 0.29) is 15.8 Å². The molecule has 2 aromatic carbocycles. The number of benzene rings is 2. The Labute approximate surface area is 168 Å². The summed E-state index contributed by atoms with van der Waals surface area (Å²) >= 11 is 1.08. The van der Waals surface area contributed by atoms with Gasteiger partial charge in [0.1, 0.15) is 0 Å². The molecule has 6 nitrogen and oxygen atoms in total. The van der Waals surface area contributed by atoms with Gasteiger partial charge < -0.3 is 4.90 Å². The summed E-state index contributed by atoms with van der Waals surface area (Å²) in [7, 11) is -1.56. The summed E-state index contributed by atoms with van der Waals surface area (Å²) in [6.45, 7) is 2.24. The molecule has 1 saturated heterocycles. The zero-order valence-electron chi connectivity index (χ0n) is 15.7. The monoisotopic (exact) mass is 417 g/mol. The molecule has 28 heavy (non-hydrogen) atoms. The molecule has 0 radical (unpaired) electrons. The van der Waals surface area contributed by atoms with Crippen molar-refractivity contribution in [3.05, 3.63) is 63.8 Å². The summed E-state index contributed by atoms with van der Waals surface area (Å²) in [4.78, 5) is 14.8. The van der Waals surface area contributed by atoms with E-state index in [1.165, 1.54) is 0 Å². The number of fused-ring (bicyclic) bond motifs is 1. The van der Waals surface area contributed by atoms with Gasteiger partial charge in [0.05, 0.1) is 21.7 Å². The fourth-order valence-electron chi connectivity index (χ4n) is 3.54. The van der Waals surface area contributed by atoms with Crippen molar-refractivity contribution in [3.8, 4) is 0 Å². The number of sulfonamides is 1. The average Bonchev–Trinajstić information content (AvgIpc) is 2.99. The maximum Gasteiger partial charge on any atom is 0.308 e. The Morgan fingerprint density at radius 3 is 2.54 bits per heavy atom. The van der Waals surface area contributed by atoms with E-state index < -0.39 is 10.0 Å².